The van der Waals surface area contributed by atoms with E-state index >= 15 is 0 Å². The van der Waals surface area contributed by atoms with Crippen molar-refractivity contribution in [2.45, 2.75) is 56.3 Å². The second-order valence-electron chi connectivity index (χ2n) is 5.29. The van der Waals surface area contributed by atoms with Gasteiger partial charge < -0.3 is 4.74 Å². The van der Waals surface area contributed by atoms with Gasteiger partial charge in [0, 0.05) is 31.1 Å². The van der Waals surface area contributed by atoms with Crippen LogP contribution in [0.4, 0.5) is 0 Å². The molecular weight excluding hydrogens is 330 g/mol. The Morgan fingerprint density at radius 1 is 1.37 bits per heavy atom. The van der Waals surface area contributed by atoms with Crippen LogP contribution >= 0.6 is 15.9 Å². The third-order valence-corrected chi connectivity index (χ3v) is 5.90. The van der Waals surface area contributed by atoms with Gasteiger partial charge in [-0.2, -0.15) is 4.31 Å². The third-order valence-electron chi connectivity index (χ3n) is 3.53. The highest BCUT2D eigenvalue weighted by Gasteiger charge is 2.31. The SMILES string of the molecule is COCCCS(=O)(=O)N1CCCCCC1CC(C)Br. The van der Waals surface area contributed by atoms with E-state index in [0.29, 0.717) is 24.4 Å². The standard InChI is InChI=1S/C13H26BrNO3S/c1-12(14)11-13-7-4-3-5-8-15(13)19(16,17)10-6-9-18-2/h12-13H,3-11H2,1-2H3. The number of hydrogen-bond acceptors (Lipinski definition) is 3. The quantitative estimate of drug-likeness (QED) is 0.521. The lowest BCUT2D eigenvalue weighted by Gasteiger charge is -2.30. The monoisotopic (exact) mass is 355 g/mol. The number of halogens is 1. The summed E-state index contributed by atoms with van der Waals surface area (Å²) >= 11 is 3.55. The van der Waals surface area contributed by atoms with E-state index in [1.54, 1.807) is 11.4 Å². The molecule has 0 saturated carbocycles. The molecule has 114 valence electrons. The molecule has 0 aliphatic carbocycles. The molecule has 2 atom stereocenters. The summed E-state index contributed by atoms with van der Waals surface area (Å²) in [6.45, 7) is 3.27. The topological polar surface area (TPSA) is 46.6 Å². The molecule has 1 aliphatic heterocycles. The molecule has 0 amide bonds. The molecule has 1 fully saturated rings. The minimum absolute atomic E-state index is 0.157. The Labute approximate surface area is 126 Å². The van der Waals surface area contributed by atoms with E-state index in [1.165, 1.54) is 0 Å². The lowest BCUT2D eigenvalue weighted by atomic mass is 10.1. The van der Waals surface area contributed by atoms with Crippen molar-refractivity contribution in [2.75, 3.05) is 26.0 Å². The largest absolute Gasteiger partial charge is 0.385 e. The number of ether oxygens (including phenoxy) is 1. The van der Waals surface area contributed by atoms with E-state index in [1.807, 2.05) is 0 Å². The van der Waals surface area contributed by atoms with Crippen LogP contribution in [0.15, 0.2) is 0 Å². The van der Waals surface area contributed by atoms with Crippen molar-refractivity contribution >= 4 is 26.0 Å². The minimum Gasteiger partial charge on any atom is -0.385 e. The van der Waals surface area contributed by atoms with Crippen LogP contribution in [0.5, 0.6) is 0 Å². The number of rotatable bonds is 7. The van der Waals surface area contributed by atoms with Crippen LogP contribution in [-0.4, -0.2) is 49.6 Å². The molecule has 0 aromatic heterocycles. The Morgan fingerprint density at radius 3 is 2.74 bits per heavy atom. The number of nitrogens with zero attached hydrogens (tertiary/aromatic N) is 1. The van der Waals surface area contributed by atoms with Gasteiger partial charge in [0.1, 0.15) is 0 Å². The lowest BCUT2D eigenvalue weighted by molar-refractivity contribution is 0.198. The molecule has 1 saturated heterocycles. The summed E-state index contributed by atoms with van der Waals surface area (Å²) in [4.78, 5) is 0.354. The Balaban J connectivity index is 2.72. The van der Waals surface area contributed by atoms with Gasteiger partial charge in [0.05, 0.1) is 5.75 Å². The number of alkyl halides is 1. The molecule has 2 unspecified atom stereocenters. The summed E-state index contributed by atoms with van der Waals surface area (Å²) in [6, 6.07) is 0.157. The zero-order chi connectivity index (χ0) is 14.3. The fourth-order valence-electron chi connectivity index (χ4n) is 2.63. The van der Waals surface area contributed by atoms with Crippen LogP contribution in [0.2, 0.25) is 0 Å². The second kappa shape index (κ2) is 8.60. The maximum absolute atomic E-state index is 12.5. The van der Waals surface area contributed by atoms with E-state index in [9.17, 15) is 8.42 Å². The summed E-state index contributed by atoms with van der Waals surface area (Å²) in [5.74, 6) is 0.202. The first-order valence-electron chi connectivity index (χ1n) is 7.10. The van der Waals surface area contributed by atoms with E-state index in [2.05, 4.69) is 22.9 Å². The van der Waals surface area contributed by atoms with Crippen molar-refractivity contribution in [2.24, 2.45) is 0 Å². The highest BCUT2D eigenvalue weighted by molar-refractivity contribution is 9.09. The summed E-state index contributed by atoms with van der Waals surface area (Å²) in [5, 5.41) is 0. The van der Waals surface area contributed by atoms with Crippen molar-refractivity contribution in [3.05, 3.63) is 0 Å². The summed E-state index contributed by atoms with van der Waals surface area (Å²) in [5.41, 5.74) is 0. The van der Waals surface area contributed by atoms with Gasteiger partial charge in [-0.1, -0.05) is 35.7 Å². The average Bonchev–Trinajstić information content (AvgIpc) is 2.54. The fourth-order valence-corrected chi connectivity index (χ4v) is 4.83. The molecule has 0 bridgehead atoms. The van der Waals surface area contributed by atoms with Gasteiger partial charge in [-0.05, 0) is 25.7 Å². The zero-order valence-corrected chi connectivity index (χ0v) is 14.4. The Hall–Kier alpha value is 0.350. The van der Waals surface area contributed by atoms with Crippen LogP contribution in [-0.2, 0) is 14.8 Å². The van der Waals surface area contributed by atoms with E-state index in [0.717, 1.165) is 32.1 Å². The highest BCUT2D eigenvalue weighted by Crippen LogP contribution is 2.25. The van der Waals surface area contributed by atoms with Crippen molar-refractivity contribution in [3.8, 4) is 0 Å². The first kappa shape index (κ1) is 17.4. The van der Waals surface area contributed by atoms with Crippen LogP contribution in [0, 0.1) is 0 Å². The van der Waals surface area contributed by atoms with Crippen molar-refractivity contribution in [1.29, 1.82) is 0 Å². The maximum Gasteiger partial charge on any atom is 0.214 e. The average molecular weight is 356 g/mol. The van der Waals surface area contributed by atoms with E-state index < -0.39 is 10.0 Å². The van der Waals surface area contributed by atoms with Crippen molar-refractivity contribution in [1.82, 2.24) is 4.31 Å². The van der Waals surface area contributed by atoms with Gasteiger partial charge in [0.15, 0.2) is 0 Å². The summed E-state index contributed by atoms with van der Waals surface area (Å²) < 4.78 is 31.6. The Bertz CT molecular complexity index is 346. The molecule has 1 rings (SSSR count). The van der Waals surface area contributed by atoms with E-state index in [-0.39, 0.29) is 11.8 Å². The second-order valence-corrected chi connectivity index (χ2v) is 8.90. The minimum atomic E-state index is -3.14. The van der Waals surface area contributed by atoms with Gasteiger partial charge in [-0.25, -0.2) is 8.42 Å². The third kappa shape index (κ3) is 6.10. The first-order chi connectivity index (χ1) is 8.97. The van der Waals surface area contributed by atoms with Crippen LogP contribution < -0.4 is 0 Å². The maximum atomic E-state index is 12.5. The molecule has 0 N–H and O–H groups in total. The Morgan fingerprint density at radius 2 is 2.11 bits per heavy atom. The van der Waals surface area contributed by atoms with Gasteiger partial charge in [0.25, 0.3) is 0 Å². The van der Waals surface area contributed by atoms with Gasteiger partial charge in [-0.15, -0.1) is 0 Å². The first-order valence-corrected chi connectivity index (χ1v) is 9.62. The molecule has 0 radical (unpaired) electrons. The van der Waals surface area contributed by atoms with Crippen LogP contribution in [0.3, 0.4) is 0 Å². The van der Waals surface area contributed by atoms with Crippen molar-refractivity contribution < 1.29 is 13.2 Å². The lowest BCUT2D eigenvalue weighted by Crippen LogP contribution is -2.42. The number of methoxy groups -OCH3 is 1. The molecule has 0 aromatic rings. The smallest absolute Gasteiger partial charge is 0.214 e. The summed E-state index contributed by atoms with van der Waals surface area (Å²) in [7, 11) is -1.54. The van der Waals surface area contributed by atoms with Crippen LogP contribution in [0.1, 0.15) is 45.4 Å². The Kier molecular flexibility index (Phi) is 7.87. The molecule has 4 nitrogen and oxygen atoms in total. The molecule has 0 spiro atoms. The number of sulfonamides is 1. The van der Waals surface area contributed by atoms with E-state index in [4.69, 9.17) is 4.74 Å². The predicted molar refractivity (Wildman–Crippen MR) is 82.2 cm³/mol. The highest BCUT2D eigenvalue weighted by atomic mass is 79.9. The molecule has 6 heteroatoms. The zero-order valence-electron chi connectivity index (χ0n) is 12.0. The number of hydrogen-bond donors (Lipinski definition) is 0. The fraction of sp³-hybridized carbons (Fsp3) is 1.00. The van der Waals surface area contributed by atoms with Gasteiger partial charge >= 0.3 is 0 Å². The molecule has 0 aromatic carbocycles. The van der Waals surface area contributed by atoms with Crippen LogP contribution in [0.25, 0.3) is 0 Å². The predicted octanol–water partition coefficient (Wildman–Crippen LogP) is 2.77. The van der Waals surface area contributed by atoms with Gasteiger partial charge in [-0.3, -0.25) is 0 Å². The summed E-state index contributed by atoms with van der Waals surface area (Å²) in [6.07, 6.45) is 5.71. The van der Waals surface area contributed by atoms with Gasteiger partial charge in [0.2, 0.25) is 10.0 Å². The molecular formula is C13H26BrNO3S. The molecule has 1 aliphatic rings. The molecule has 19 heavy (non-hydrogen) atoms. The van der Waals surface area contributed by atoms with Crippen molar-refractivity contribution in [3.63, 3.8) is 0 Å². The molecule has 1 heterocycles. The normalized spacial score (nSPS) is 24.1.